The summed E-state index contributed by atoms with van der Waals surface area (Å²) in [5, 5.41) is 0.272. The Morgan fingerprint density at radius 2 is 2.32 bits per heavy atom. The third-order valence-electron chi connectivity index (χ3n) is 3.18. The van der Waals surface area contributed by atoms with Crippen LogP contribution in [-0.2, 0) is 4.74 Å². The van der Waals surface area contributed by atoms with Crippen LogP contribution >= 0.6 is 11.6 Å². The molecular weight excluding hydrogens is 304 g/mol. The maximum Gasteiger partial charge on any atom is 0.410 e. The van der Waals surface area contributed by atoms with E-state index in [-0.39, 0.29) is 17.3 Å². The van der Waals surface area contributed by atoms with Crippen LogP contribution in [0.5, 0.6) is 5.75 Å². The van der Waals surface area contributed by atoms with Crippen molar-refractivity contribution in [2.75, 3.05) is 13.2 Å². The number of carbonyl (C=O) groups is 1. The number of rotatable bonds is 3. The fourth-order valence-electron chi connectivity index (χ4n) is 1.98. The van der Waals surface area contributed by atoms with Crippen LogP contribution in [0.1, 0.15) is 32.8 Å². The van der Waals surface area contributed by atoms with Crippen LogP contribution in [0.2, 0.25) is 5.15 Å². The van der Waals surface area contributed by atoms with Gasteiger partial charge < -0.3 is 14.4 Å². The number of nitrogens with zero attached hydrogens (tertiary/aromatic N) is 2. The van der Waals surface area contributed by atoms with Gasteiger partial charge in [-0.05, 0) is 27.2 Å². The van der Waals surface area contributed by atoms with Crippen molar-refractivity contribution < 1.29 is 14.3 Å². The van der Waals surface area contributed by atoms with Gasteiger partial charge in [0.05, 0.1) is 17.8 Å². The summed E-state index contributed by atoms with van der Waals surface area (Å²) < 4.78 is 11.0. The zero-order valence-corrected chi connectivity index (χ0v) is 13.7. The quantitative estimate of drug-likeness (QED) is 0.634. The second kappa shape index (κ2) is 6.45. The van der Waals surface area contributed by atoms with E-state index in [0.29, 0.717) is 24.5 Å². The van der Waals surface area contributed by atoms with E-state index < -0.39 is 5.60 Å². The second-order valence-electron chi connectivity index (χ2n) is 6.08. The lowest BCUT2D eigenvalue weighted by atomic mass is 10.1. The molecule has 1 fully saturated rings. The van der Waals surface area contributed by atoms with Crippen LogP contribution in [0, 0.1) is 12.3 Å². The van der Waals surface area contributed by atoms with E-state index in [1.807, 2.05) is 20.8 Å². The summed E-state index contributed by atoms with van der Waals surface area (Å²) in [5.74, 6) is 2.98. The van der Waals surface area contributed by atoms with Crippen molar-refractivity contribution in [2.45, 2.75) is 38.8 Å². The van der Waals surface area contributed by atoms with Crippen molar-refractivity contribution in [3.63, 3.8) is 0 Å². The van der Waals surface area contributed by atoms with Gasteiger partial charge in [0.25, 0.3) is 0 Å². The Bertz CT molecular complexity index is 604. The molecule has 0 aliphatic carbocycles. The molecule has 0 saturated carbocycles. The summed E-state index contributed by atoms with van der Waals surface area (Å²) in [6, 6.07) is 1.66. The molecular formula is C16H19ClN2O3. The minimum Gasteiger partial charge on any atom is -0.490 e. The molecule has 22 heavy (non-hydrogen) atoms. The second-order valence-corrected chi connectivity index (χ2v) is 6.44. The number of hydrogen-bond donors (Lipinski definition) is 0. The van der Waals surface area contributed by atoms with Crippen LogP contribution < -0.4 is 4.74 Å². The first-order valence-corrected chi connectivity index (χ1v) is 7.42. The van der Waals surface area contributed by atoms with Gasteiger partial charge in [0, 0.05) is 12.6 Å². The number of halogens is 1. The van der Waals surface area contributed by atoms with Gasteiger partial charge in [0.2, 0.25) is 0 Å². The molecule has 6 heteroatoms. The molecule has 0 bridgehead atoms. The highest BCUT2D eigenvalue weighted by Gasteiger charge is 2.35. The fraction of sp³-hybridized carbons (Fsp3) is 0.500. The standard InChI is InChI=1S/C16H19ClN2O3/c1-5-11-8-13(9-18-14(11)17)21-10-12-6-7-19(12)15(20)22-16(2,3)4/h1,8-9,12H,6-7,10H2,2-4H3/t12-/m0/s1. The van der Waals surface area contributed by atoms with Gasteiger partial charge in [0.1, 0.15) is 23.1 Å². The largest absolute Gasteiger partial charge is 0.490 e. The maximum atomic E-state index is 12.0. The van der Waals surface area contributed by atoms with E-state index in [1.165, 1.54) is 6.20 Å². The molecule has 1 aliphatic heterocycles. The number of terminal acetylenes is 1. The SMILES string of the molecule is C#Cc1cc(OC[C@@H]2CCN2C(=O)OC(C)(C)C)cnc1Cl. The van der Waals surface area contributed by atoms with Crippen LogP contribution in [0.3, 0.4) is 0 Å². The minimum atomic E-state index is -0.500. The van der Waals surface area contributed by atoms with E-state index in [4.69, 9.17) is 27.5 Å². The van der Waals surface area contributed by atoms with Crippen molar-refractivity contribution in [1.82, 2.24) is 9.88 Å². The lowest BCUT2D eigenvalue weighted by Crippen LogP contribution is -2.55. The average molecular weight is 323 g/mol. The topological polar surface area (TPSA) is 51.7 Å². The van der Waals surface area contributed by atoms with E-state index >= 15 is 0 Å². The molecule has 1 aromatic rings. The summed E-state index contributed by atoms with van der Waals surface area (Å²) in [5.41, 5.74) is -0.0170. The molecule has 1 aliphatic rings. The smallest absolute Gasteiger partial charge is 0.410 e. The predicted octanol–water partition coefficient (Wildman–Crippen LogP) is 3.10. The summed E-state index contributed by atoms with van der Waals surface area (Å²) in [6.07, 6.45) is 7.41. The zero-order valence-electron chi connectivity index (χ0n) is 12.9. The number of likely N-dealkylation sites (tertiary alicyclic amines) is 1. The minimum absolute atomic E-state index is 0.000172. The summed E-state index contributed by atoms with van der Waals surface area (Å²) >= 11 is 5.85. The van der Waals surface area contributed by atoms with Crippen molar-refractivity contribution in [2.24, 2.45) is 0 Å². The molecule has 0 N–H and O–H groups in total. The lowest BCUT2D eigenvalue weighted by Gasteiger charge is -2.40. The Hall–Kier alpha value is -1.93. The molecule has 1 saturated heterocycles. The number of carbonyl (C=O) groups excluding carboxylic acids is 1. The van der Waals surface area contributed by atoms with Gasteiger partial charge in [-0.25, -0.2) is 9.78 Å². The van der Waals surface area contributed by atoms with Gasteiger partial charge in [-0.15, -0.1) is 6.42 Å². The number of pyridine rings is 1. The van der Waals surface area contributed by atoms with E-state index in [0.717, 1.165) is 6.42 Å². The third kappa shape index (κ3) is 4.05. The van der Waals surface area contributed by atoms with Crippen molar-refractivity contribution in [3.05, 3.63) is 23.0 Å². The van der Waals surface area contributed by atoms with Crippen molar-refractivity contribution in [1.29, 1.82) is 0 Å². The molecule has 0 aromatic carbocycles. The molecule has 2 rings (SSSR count). The summed E-state index contributed by atoms with van der Waals surface area (Å²) in [7, 11) is 0. The number of amides is 1. The number of hydrogen-bond acceptors (Lipinski definition) is 4. The molecule has 1 amide bonds. The number of aromatic nitrogens is 1. The van der Waals surface area contributed by atoms with E-state index in [1.54, 1.807) is 11.0 Å². The zero-order chi connectivity index (χ0) is 16.3. The molecule has 1 atom stereocenters. The Morgan fingerprint density at radius 3 is 2.86 bits per heavy atom. The van der Waals surface area contributed by atoms with Crippen LogP contribution in [0.15, 0.2) is 12.3 Å². The van der Waals surface area contributed by atoms with E-state index in [9.17, 15) is 4.79 Å². The number of ether oxygens (including phenoxy) is 2. The Balaban J connectivity index is 1.90. The summed E-state index contributed by atoms with van der Waals surface area (Å²) in [4.78, 5) is 17.6. The molecule has 0 unspecified atom stereocenters. The monoisotopic (exact) mass is 322 g/mol. The highest BCUT2D eigenvalue weighted by molar-refractivity contribution is 6.30. The highest BCUT2D eigenvalue weighted by Crippen LogP contribution is 2.23. The Kier molecular flexibility index (Phi) is 4.82. The van der Waals surface area contributed by atoms with Gasteiger partial charge in [0.15, 0.2) is 0 Å². The first-order valence-electron chi connectivity index (χ1n) is 7.05. The normalized spacial score (nSPS) is 17.4. The first kappa shape index (κ1) is 16.4. The van der Waals surface area contributed by atoms with E-state index in [2.05, 4.69) is 10.9 Å². The van der Waals surface area contributed by atoms with Gasteiger partial charge in [-0.3, -0.25) is 0 Å². The molecule has 1 aromatic heterocycles. The van der Waals surface area contributed by atoms with Gasteiger partial charge in [-0.2, -0.15) is 0 Å². The molecule has 118 valence electrons. The Labute approximate surface area is 135 Å². The average Bonchev–Trinajstić information content (AvgIpc) is 2.37. The lowest BCUT2D eigenvalue weighted by molar-refractivity contribution is -0.0141. The summed E-state index contributed by atoms with van der Waals surface area (Å²) in [6.45, 7) is 6.58. The Morgan fingerprint density at radius 1 is 1.59 bits per heavy atom. The van der Waals surface area contributed by atoms with Crippen LogP contribution in [0.25, 0.3) is 0 Å². The fourth-order valence-corrected chi connectivity index (χ4v) is 2.13. The van der Waals surface area contributed by atoms with Gasteiger partial charge >= 0.3 is 6.09 Å². The molecule has 5 nitrogen and oxygen atoms in total. The van der Waals surface area contributed by atoms with Gasteiger partial charge in [-0.1, -0.05) is 17.5 Å². The maximum absolute atomic E-state index is 12.0. The predicted molar refractivity (Wildman–Crippen MR) is 84.0 cm³/mol. The van der Waals surface area contributed by atoms with Crippen LogP contribution in [-0.4, -0.2) is 40.8 Å². The molecule has 0 spiro atoms. The molecule has 2 heterocycles. The van der Waals surface area contributed by atoms with Crippen molar-refractivity contribution >= 4 is 17.7 Å². The molecule has 0 radical (unpaired) electrons. The highest BCUT2D eigenvalue weighted by atomic mass is 35.5. The van der Waals surface area contributed by atoms with Crippen molar-refractivity contribution in [3.8, 4) is 18.1 Å². The third-order valence-corrected chi connectivity index (χ3v) is 3.49. The van der Waals surface area contributed by atoms with Crippen LogP contribution in [0.4, 0.5) is 4.79 Å². The first-order chi connectivity index (χ1) is 10.3.